The molecule has 1 aliphatic rings. The lowest BCUT2D eigenvalue weighted by Crippen LogP contribution is -2.19. The van der Waals surface area contributed by atoms with E-state index in [1.807, 2.05) is 19.1 Å². The SMILES string of the molecule is CC=CC1CC(=O)NC1=S. The Bertz CT molecular complexity index is 198. The molecule has 1 unspecified atom stereocenters. The van der Waals surface area contributed by atoms with Gasteiger partial charge in [-0.25, -0.2) is 0 Å². The minimum Gasteiger partial charge on any atom is -0.320 e. The Morgan fingerprint density at radius 2 is 2.50 bits per heavy atom. The highest BCUT2D eigenvalue weighted by Crippen LogP contribution is 2.12. The monoisotopic (exact) mass is 155 g/mol. The van der Waals surface area contributed by atoms with Gasteiger partial charge in [0.15, 0.2) is 0 Å². The van der Waals surface area contributed by atoms with Crippen LogP contribution in [0.1, 0.15) is 13.3 Å². The molecule has 0 aliphatic carbocycles. The molecule has 1 rings (SSSR count). The summed E-state index contributed by atoms with van der Waals surface area (Å²) in [6, 6.07) is 0. The van der Waals surface area contributed by atoms with E-state index in [1.165, 1.54) is 0 Å². The number of carbonyl (C=O) groups is 1. The molecule has 54 valence electrons. The molecule has 0 aromatic heterocycles. The van der Waals surface area contributed by atoms with E-state index in [9.17, 15) is 4.79 Å². The van der Waals surface area contributed by atoms with Crippen molar-refractivity contribution in [1.82, 2.24) is 5.32 Å². The van der Waals surface area contributed by atoms with Crippen LogP contribution in [-0.4, -0.2) is 10.9 Å². The summed E-state index contributed by atoms with van der Waals surface area (Å²) in [5, 5.41) is 2.59. The zero-order valence-electron chi connectivity index (χ0n) is 5.76. The van der Waals surface area contributed by atoms with Crippen LogP contribution in [0, 0.1) is 5.92 Å². The highest BCUT2D eigenvalue weighted by molar-refractivity contribution is 7.80. The lowest BCUT2D eigenvalue weighted by Gasteiger charge is -1.96. The second-order valence-electron chi connectivity index (χ2n) is 2.25. The van der Waals surface area contributed by atoms with Crippen LogP contribution >= 0.6 is 12.2 Å². The maximum atomic E-state index is 10.7. The van der Waals surface area contributed by atoms with E-state index in [2.05, 4.69) is 5.32 Å². The number of amides is 1. The van der Waals surface area contributed by atoms with Crippen LogP contribution in [0.4, 0.5) is 0 Å². The zero-order chi connectivity index (χ0) is 7.56. The molecule has 3 heteroatoms. The van der Waals surface area contributed by atoms with Gasteiger partial charge in [0.1, 0.15) is 0 Å². The Morgan fingerprint density at radius 3 is 2.90 bits per heavy atom. The summed E-state index contributed by atoms with van der Waals surface area (Å²) >= 11 is 4.90. The number of allylic oxidation sites excluding steroid dienone is 1. The predicted octanol–water partition coefficient (Wildman–Crippen LogP) is 1.03. The molecule has 1 N–H and O–H groups in total. The number of carbonyl (C=O) groups excluding carboxylic acids is 1. The fourth-order valence-electron chi connectivity index (χ4n) is 0.961. The van der Waals surface area contributed by atoms with E-state index in [4.69, 9.17) is 12.2 Å². The van der Waals surface area contributed by atoms with Crippen molar-refractivity contribution in [3.8, 4) is 0 Å². The largest absolute Gasteiger partial charge is 0.320 e. The Hall–Kier alpha value is -0.700. The molecule has 1 atom stereocenters. The first kappa shape index (κ1) is 7.41. The molecular formula is C7H9NOS. The van der Waals surface area contributed by atoms with Crippen LogP contribution < -0.4 is 5.32 Å². The van der Waals surface area contributed by atoms with Crippen molar-refractivity contribution in [2.75, 3.05) is 0 Å². The van der Waals surface area contributed by atoms with Crippen LogP contribution in [-0.2, 0) is 4.79 Å². The Morgan fingerprint density at radius 1 is 1.80 bits per heavy atom. The molecule has 1 amide bonds. The van der Waals surface area contributed by atoms with Crippen molar-refractivity contribution in [3.05, 3.63) is 12.2 Å². The van der Waals surface area contributed by atoms with E-state index in [0.29, 0.717) is 11.4 Å². The molecule has 0 bridgehead atoms. The summed E-state index contributed by atoms with van der Waals surface area (Å²) in [4.78, 5) is 11.4. The second kappa shape index (κ2) is 2.92. The molecule has 0 aromatic carbocycles. The first-order valence-corrected chi connectivity index (χ1v) is 3.61. The molecule has 1 aliphatic heterocycles. The fraction of sp³-hybridized carbons (Fsp3) is 0.429. The van der Waals surface area contributed by atoms with Crippen LogP contribution in [0.5, 0.6) is 0 Å². The van der Waals surface area contributed by atoms with E-state index in [-0.39, 0.29) is 11.8 Å². The minimum atomic E-state index is 0.0353. The van der Waals surface area contributed by atoms with Gasteiger partial charge >= 0.3 is 0 Å². The van der Waals surface area contributed by atoms with E-state index >= 15 is 0 Å². The Kier molecular flexibility index (Phi) is 2.17. The molecular weight excluding hydrogens is 146 g/mol. The maximum absolute atomic E-state index is 10.7. The van der Waals surface area contributed by atoms with Gasteiger partial charge in [0, 0.05) is 12.3 Å². The van der Waals surface area contributed by atoms with Crippen molar-refractivity contribution < 1.29 is 4.79 Å². The van der Waals surface area contributed by atoms with Crippen LogP contribution in [0.25, 0.3) is 0 Å². The van der Waals surface area contributed by atoms with Crippen LogP contribution in [0.15, 0.2) is 12.2 Å². The van der Waals surface area contributed by atoms with Crippen molar-refractivity contribution >= 4 is 23.1 Å². The Balaban J connectivity index is 2.63. The van der Waals surface area contributed by atoms with Gasteiger partial charge in [0.2, 0.25) is 5.91 Å². The lowest BCUT2D eigenvalue weighted by molar-refractivity contribution is -0.118. The molecule has 0 spiro atoms. The first-order chi connectivity index (χ1) is 4.74. The smallest absolute Gasteiger partial charge is 0.225 e. The molecule has 2 nitrogen and oxygen atoms in total. The second-order valence-corrected chi connectivity index (χ2v) is 2.69. The third kappa shape index (κ3) is 1.42. The van der Waals surface area contributed by atoms with Gasteiger partial charge in [-0.05, 0) is 6.92 Å². The van der Waals surface area contributed by atoms with Gasteiger partial charge in [0.25, 0.3) is 0 Å². The first-order valence-electron chi connectivity index (χ1n) is 3.20. The zero-order valence-corrected chi connectivity index (χ0v) is 6.57. The molecule has 1 heterocycles. The average molecular weight is 155 g/mol. The van der Waals surface area contributed by atoms with Crippen molar-refractivity contribution in [1.29, 1.82) is 0 Å². The molecule has 0 saturated carbocycles. The van der Waals surface area contributed by atoms with Gasteiger partial charge in [-0.3, -0.25) is 4.79 Å². The predicted molar refractivity (Wildman–Crippen MR) is 43.7 cm³/mol. The van der Waals surface area contributed by atoms with E-state index < -0.39 is 0 Å². The molecule has 1 fully saturated rings. The standard InChI is InChI=1S/C7H9NOS/c1-2-3-5-4-6(9)8-7(5)10/h2-3,5H,4H2,1H3,(H,8,9,10). The van der Waals surface area contributed by atoms with E-state index in [1.54, 1.807) is 0 Å². The molecule has 0 aromatic rings. The summed E-state index contributed by atoms with van der Waals surface area (Å²) in [6.45, 7) is 1.92. The fourth-order valence-corrected chi connectivity index (χ4v) is 1.24. The average Bonchev–Trinajstić information content (AvgIpc) is 2.13. The topological polar surface area (TPSA) is 29.1 Å². The van der Waals surface area contributed by atoms with Crippen molar-refractivity contribution in [3.63, 3.8) is 0 Å². The maximum Gasteiger partial charge on any atom is 0.225 e. The normalized spacial score (nSPS) is 25.9. The van der Waals surface area contributed by atoms with Gasteiger partial charge in [-0.1, -0.05) is 24.4 Å². The molecule has 10 heavy (non-hydrogen) atoms. The lowest BCUT2D eigenvalue weighted by atomic mass is 10.1. The van der Waals surface area contributed by atoms with Crippen LogP contribution in [0.3, 0.4) is 0 Å². The number of thiocarbonyl (C=S) groups is 1. The van der Waals surface area contributed by atoms with Gasteiger partial charge in [-0.2, -0.15) is 0 Å². The van der Waals surface area contributed by atoms with Gasteiger partial charge < -0.3 is 5.32 Å². The highest BCUT2D eigenvalue weighted by Gasteiger charge is 2.23. The summed E-state index contributed by atoms with van der Waals surface area (Å²) in [7, 11) is 0. The van der Waals surface area contributed by atoms with Gasteiger partial charge in [0.05, 0.1) is 4.99 Å². The molecule has 0 radical (unpaired) electrons. The van der Waals surface area contributed by atoms with Crippen LogP contribution in [0.2, 0.25) is 0 Å². The minimum absolute atomic E-state index is 0.0353. The summed E-state index contributed by atoms with van der Waals surface area (Å²) < 4.78 is 0. The van der Waals surface area contributed by atoms with Gasteiger partial charge in [-0.15, -0.1) is 0 Å². The Labute approximate surface area is 65.3 Å². The van der Waals surface area contributed by atoms with E-state index in [0.717, 1.165) is 0 Å². The summed E-state index contributed by atoms with van der Waals surface area (Å²) in [5.41, 5.74) is 0. The number of hydrogen-bond acceptors (Lipinski definition) is 2. The summed E-state index contributed by atoms with van der Waals surface area (Å²) in [6.07, 6.45) is 4.38. The van der Waals surface area contributed by atoms with Crippen molar-refractivity contribution in [2.24, 2.45) is 5.92 Å². The quantitative estimate of drug-likeness (QED) is 0.452. The highest BCUT2D eigenvalue weighted by atomic mass is 32.1. The third-order valence-corrected chi connectivity index (χ3v) is 1.83. The number of rotatable bonds is 1. The third-order valence-electron chi connectivity index (χ3n) is 1.43. The summed E-state index contributed by atoms with van der Waals surface area (Å²) in [5.74, 6) is 0.181. The number of nitrogens with one attached hydrogen (secondary N) is 1. The molecule has 1 saturated heterocycles. The number of hydrogen-bond donors (Lipinski definition) is 1. The van der Waals surface area contributed by atoms with Crippen molar-refractivity contribution in [2.45, 2.75) is 13.3 Å².